The molecule has 0 radical (unpaired) electrons. The van der Waals surface area contributed by atoms with E-state index in [1.165, 1.54) is 25.2 Å². The summed E-state index contributed by atoms with van der Waals surface area (Å²) in [7, 11) is 1.37. The average Bonchev–Trinajstić information content (AvgIpc) is 3.25. The minimum Gasteiger partial charge on any atom is -0.450 e. The summed E-state index contributed by atoms with van der Waals surface area (Å²) in [6.07, 6.45) is 0. The number of Topliss-reactive ketones (excluding diaryl/α,β-unsaturated/α-hetero) is 1. The van der Waals surface area contributed by atoms with Gasteiger partial charge in [0, 0.05) is 12.7 Å². The number of hydrogen-bond donors (Lipinski definition) is 1. The normalized spacial score (nSPS) is 12.5. The summed E-state index contributed by atoms with van der Waals surface area (Å²) in [6, 6.07) is 13.4. The van der Waals surface area contributed by atoms with Crippen LogP contribution in [0.3, 0.4) is 0 Å². The highest BCUT2D eigenvalue weighted by Gasteiger charge is 2.33. The third kappa shape index (κ3) is 3.96. The Morgan fingerprint density at radius 2 is 1.65 bits per heavy atom. The molecule has 0 spiro atoms. The van der Waals surface area contributed by atoms with Crippen LogP contribution in [0.5, 0.6) is 0 Å². The molecule has 4 rings (SSSR count). The van der Waals surface area contributed by atoms with Crippen LogP contribution < -0.4 is 5.32 Å². The highest BCUT2D eigenvalue weighted by Crippen LogP contribution is 2.25. The third-order valence-corrected chi connectivity index (χ3v) is 5.41. The predicted molar refractivity (Wildman–Crippen MR) is 120 cm³/mol. The zero-order valence-electron chi connectivity index (χ0n) is 18.6. The summed E-state index contributed by atoms with van der Waals surface area (Å²) >= 11 is 0. The number of nitrogens with zero attached hydrogens (tertiary/aromatic N) is 3. The molecule has 0 saturated heterocycles. The first-order chi connectivity index (χ1) is 16.2. The standard InChI is InChI=1S/C24H20N4O6/c1-13-20(14(2)28(26-13)16-7-5-4-6-8-16)21(30)24(33)34-12-19(29)25-15-9-10-17-18(11-15)23(32)27(3)22(17)31/h4-11H,12H2,1-3H3,(H,25,29). The molecule has 0 atom stereocenters. The maximum absolute atomic E-state index is 12.7. The first-order valence-corrected chi connectivity index (χ1v) is 10.3. The van der Waals surface area contributed by atoms with Gasteiger partial charge in [-0.15, -0.1) is 0 Å². The van der Waals surface area contributed by atoms with E-state index in [2.05, 4.69) is 10.4 Å². The molecule has 172 valence electrons. The second-order valence-corrected chi connectivity index (χ2v) is 7.68. The molecular formula is C24H20N4O6. The van der Waals surface area contributed by atoms with Crippen molar-refractivity contribution in [2.75, 3.05) is 19.0 Å². The van der Waals surface area contributed by atoms with Gasteiger partial charge in [0.2, 0.25) is 0 Å². The molecule has 1 N–H and O–H groups in total. The number of nitrogens with one attached hydrogen (secondary N) is 1. The number of esters is 1. The summed E-state index contributed by atoms with van der Waals surface area (Å²) in [5, 5.41) is 6.81. The van der Waals surface area contributed by atoms with E-state index in [0.717, 1.165) is 10.6 Å². The number of benzene rings is 2. The van der Waals surface area contributed by atoms with Gasteiger partial charge < -0.3 is 10.1 Å². The van der Waals surface area contributed by atoms with Gasteiger partial charge in [-0.2, -0.15) is 5.10 Å². The topological polar surface area (TPSA) is 128 Å². The second kappa shape index (κ2) is 8.74. The van der Waals surface area contributed by atoms with Crippen LogP contribution in [-0.2, 0) is 14.3 Å². The van der Waals surface area contributed by atoms with Crippen molar-refractivity contribution in [1.29, 1.82) is 0 Å². The Hall–Kier alpha value is -4.60. The maximum atomic E-state index is 12.7. The van der Waals surface area contributed by atoms with E-state index >= 15 is 0 Å². The van der Waals surface area contributed by atoms with Crippen molar-refractivity contribution < 1.29 is 28.7 Å². The van der Waals surface area contributed by atoms with Crippen LogP contribution in [-0.4, -0.2) is 57.8 Å². The fourth-order valence-corrected chi connectivity index (χ4v) is 3.73. The van der Waals surface area contributed by atoms with Crippen LogP contribution in [0.1, 0.15) is 42.5 Å². The van der Waals surface area contributed by atoms with Crippen LogP contribution >= 0.6 is 0 Å². The summed E-state index contributed by atoms with van der Waals surface area (Å²) in [5.74, 6) is -3.71. The van der Waals surface area contributed by atoms with Crippen LogP contribution in [0.25, 0.3) is 5.69 Å². The number of rotatable bonds is 6. The molecule has 0 unspecified atom stereocenters. The molecule has 3 amide bonds. The number of aromatic nitrogens is 2. The van der Waals surface area contributed by atoms with Gasteiger partial charge in [0.15, 0.2) is 6.61 Å². The Morgan fingerprint density at radius 1 is 0.971 bits per heavy atom. The minimum absolute atomic E-state index is 0.111. The molecule has 10 nitrogen and oxygen atoms in total. The number of ether oxygens (including phenoxy) is 1. The Bertz CT molecular complexity index is 1360. The molecule has 0 aliphatic carbocycles. The highest BCUT2D eigenvalue weighted by molar-refractivity contribution is 6.41. The fourth-order valence-electron chi connectivity index (χ4n) is 3.73. The summed E-state index contributed by atoms with van der Waals surface area (Å²) in [5.41, 5.74) is 2.32. The van der Waals surface area contributed by atoms with E-state index in [0.29, 0.717) is 11.4 Å². The van der Waals surface area contributed by atoms with Crippen LogP contribution in [0.2, 0.25) is 0 Å². The zero-order chi connectivity index (χ0) is 24.6. The van der Waals surface area contributed by atoms with E-state index in [9.17, 15) is 24.0 Å². The molecule has 1 aliphatic heterocycles. The van der Waals surface area contributed by atoms with Crippen LogP contribution in [0, 0.1) is 13.8 Å². The van der Waals surface area contributed by atoms with E-state index < -0.39 is 36.1 Å². The largest absolute Gasteiger partial charge is 0.450 e. The molecule has 1 aromatic heterocycles. The average molecular weight is 460 g/mol. The maximum Gasteiger partial charge on any atom is 0.380 e. The summed E-state index contributed by atoms with van der Waals surface area (Å²) in [4.78, 5) is 62.3. The Morgan fingerprint density at radius 3 is 2.35 bits per heavy atom. The van der Waals surface area contributed by atoms with Gasteiger partial charge >= 0.3 is 5.97 Å². The number of carbonyl (C=O) groups excluding carboxylic acids is 5. The first kappa shape index (κ1) is 22.6. The van der Waals surface area contributed by atoms with E-state index in [1.807, 2.05) is 30.3 Å². The Balaban J connectivity index is 1.40. The van der Waals surface area contributed by atoms with Gasteiger partial charge in [-0.05, 0) is 44.2 Å². The van der Waals surface area contributed by atoms with Crippen molar-refractivity contribution in [3.05, 3.63) is 76.6 Å². The fraction of sp³-hybridized carbons (Fsp3) is 0.167. The molecule has 0 saturated carbocycles. The van der Waals surface area contributed by atoms with Gasteiger partial charge in [0.25, 0.3) is 23.5 Å². The number of fused-ring (bicyclic) bond motifs is 1. The van der Waals surface area contributed by atoms with Gasteiger partial charge in [-0.1, -0.05) is 18.2 Å². The highest BCUT2D eigenvalue weighted by atomic mass is 16.5. The van der Waals surface area contributed by atoms with Gasteiger partial charge in [-0.3, -0.25) is 24.1 Å². The number of aryl methyl sites for hydroxylation is 1. The van der Waals surface area contributed by atoms with E-state index in [4.69, 9.17) is 4.74 Å². The number of anilines is 1. The smallest absolute Gasteiger partial charge is 0.380 e. The number of hydrogen-bond acceptors (Lipinski definition) is 7. The molecule has 1 aliphatic rings. The summed E-state index contributed by atoms with van der Waals surface area (Å²) in [6.45, 7) is 2.56. The molecule has 10 heteroatoms. The number of para-hydroxylation sites is 1. The zero-order valence-corrected chi connectivity index (χ0v) is 18.6. The lowest BCUT2D eigenvalue weighted by Gasteiger charge is -2.08. The van der Waals surface area contributed by atoms with Crippen molar-refractivity contribution in [1.82, 2.24) is 14.7 Å². The number of carbonyl (C=O) groups is 5. The molecule has 0 fully saturated rings. The van der Waals surface area contributed by atoms with Crippen molar-refractivity contribution in [2.24, 2.45) is 0 Å². The third-order valence-electron chi connectivity index (χ3n) is 5.41. The Kier molecular flexibility index (Phi) is 5.80. The van der Waals surface area contributed by atoms with Gasteiger partial charge in [0.05, 0.1) is 33.8 Å². The van der Waals surface area contributed by atoms with Crippen LogP contribution in [0.4, 0.5) is 5.69 Å². The van der Waals surface area contributed by atoms with E-state index in [1.54, 1.807) is 18.5 Å². The molecule has 2 heterocycles. The number of amides is 3. The summed E-state index contributed by atoms with van der Waals surface area (Å²) < 4.78 is 6.45. The quantitative estimate of drug-likeness (QED) is 0.258. The second-order valence-electron chi connectivity index (χ2n) is 7.68. The lowest BCUT2D eigenvalue weighted by Crippen LogP contribution is -2.25. The molecule has 3 aromatic rings. The Labute approximate surface area is 194 Å². The SMILES string of the molecule is Cc1nn(-c2ccccc2)c(C)c1C(=O)C(=O)OCC(=O)Nc1ccc2c(c1)C(=O)N(C)C2=O. The molecular weight excluding hydrogens is 440 g/mol. The minimum atomic E-state index is -1.19. The molecule has 34 heavy (non-hydrogen) atoms. The lowest BCUT2D eigenvalue weighted by molar-refractivity contribution is -0.142. The molecule has 0 bridgehead atoms. The van der Waals surface area contributed by atoms with Crippen molar-refractivity contribution in [3.63, 3.8) is 0 Å². The molecule has 2 aromatic carbocycles. The predicted octanol–water partition coefficient (Wildman–Crippen LogP) is 2.08. The van der Waals surface area contributed by atoms with Crippen LogP contribution in [0.15, 0.2) is 48.5 Å². The monoisotopic (exact) mass is 460 g/mol. The van der Waals surface area contributed by atoms with Gasteiger partial charge in [0.1, 0.15) is 0 Å². The number of imide groups is 1. The van der Waals surface area contributed by atoms with Gasteiger partial charge in [-0.25, -0.2) is 9.48 Å². The van der Waals surface area contributed by atoms with Crippen molar-refractivity contribution >= 4 is 35.2 Å². The lowest BCUT2D eigenvalue weighted by atomic mass is 10.1. The van der Waals surface area contributed by atoms with E-state index in [-0.39, 0.29) is 22.4 Å². The first-order valence-electron chi connectivity index (χ1n) is 10.3. The van der Waals surface area contributed by atoms with Crippen molar-refractivity contribution in [3.8, 4) is 5.69 Å². The number of ketones is 1. The van der Waals surface area contributed by atoms with Crippen molar-refractivity contribution in [2.45, 2.75) is 13.8 Å².